The number of methoxy groups -OCH3 is 1. The maximum atomic E-state index is 12.5. The molecule has 4 nitrogen and oxygen atoms in total. The second-order valence-electron chi connectivity index (χ2n) is 5.79. The molecule has 0 aliphatic heterocycles. The van der Waals surface area contributed by atoms with Crippen molar-refractivity contribution in [2.24, 2.45) is 17.1 Å². The van der Waals surface area contributed by atoms with Crippen molar-refractivity contribution in [3.8, 4) is 5.75 Å². The van der Waals surface area contributed by atoms with Gasteiger partial charge in [0.25, 0.3) is 0 Å². The summed E-state index contributed by atoms with van der Waals surface area (Å²) in [5, 5.41) is 0. The minimum absolute atomic E-state index is 0.216. The largest absolute Gasteiger partial charge is 0.496 e. The molecule has 0 aromatic heterocycles. The molecule has 1 aromatic carbocycles. The average molecular weight is 293 g/mol. The van der Waals surface area contributed by atoms with Crippen molar-refractivity contribution in [1.82, 2.24) is 0 Å². The Labute approximate surface area is 127 Å². The van der Waals surface area contributed by atoms with Crippen molar-refractivity contribution in [1.29, 1.82) is 0 Å². The molecular formula is C17H27NO3. The summed E-state index contributed by atoms with van der Waals surface area (Å²) in [5.74, 6) is 0.920. The summed E-state index contributed by atoms with van der Waals surface area (Å²) in [6.07, 6.45) is 1.23. The van der Waals surface area contributed by atoms with Crippen LogP contribution in [0.4, 0.5) is 0 Å². The fourth-order valence-electron chi connectivity index (χ4n) is 2.75. The lowest BCUT2D eigenvalue weighted by molar-refractivity contribution is -0.156. The van der Waals surface area contributed by atoms with Gasteiger partial charge in [0.2, 0.25) is 0 Å². The van der Waals surface area contributed by atoms with Gasteiger partial charge in [-0.1, -0.05) is 32.0 Å². The third kappa shape index (κ3) is 4.46. The number of ether oxygens (including phenoxy) is 2. The van der Waals surface area contributed by atoms with E-state index in [-0.39, 0.29) is 12.5 Å². The molecule has 0 aliphatic carbocycles. The van der Waals surface area contributed by atoms with Gasteiger partial charge in [-0.2, -0.15) is 0 Å². The van der Waals surface area contributed by atoms with Crippen molar-refractivity contribution in [2.75, 3.05) is 20.3 Å². The van der Waals surface area contributed by atoms with E-state index < -0.39 is 5.41 Å². The normalized spacial score (nSPS) is 13.8. The maximum Gasteiger partial charge on any atom is 0.313 e. The SMILES string of the molecule is CCOC(=O)C(CN)(Cc1ccccc1OC)CC(C)C. The predicted molar refractivity (Wildman–Crippen MR) is 84.3 cm³/mol. The smallest absolute Gasteiger partial charge is 0.313 e. The minimum Gasteiger partial charge on any atom is -0.496 e. The fraction of sp³-hybridized carbons (Fsp3) is 0.588. The van der Waals surface area contributed by atoms with E-state index in [2.05, 4.69) is 13.8 Å². The van der Waals surface area contributed by atoms with E-state index in [1.165, 1.54) is 0 Å². The van der Waals surface area contributed by atoms with E-state index in [0.717, 1.165) is 11.3 Å². The van der Waals surface area contributed by atoms with Gasteiger partial charge in [0, 0.05) is 6.54 Å². The molecule has 0 spiro atoms. The zero-order valence-electron chi connectivity index (χ0n) is 13.5. The summed E-state index contributed by atoms with van der Waals surface area (Å²) in [5.41, 5.74) is 6.27. The summed E-state index contributed by atoms with van der Waals surface area (Å²) >= 11 is 0. The summed E-state index contributed by atoms with van der Waals surface area (Å²) in [6, 6.07) is 7.73. The third-order valence-corrected chi connectivity index (χ3v) is 3.62. The highest BCUT2D eigenvalue weighted by molar-refractivity contribution is 5.77. The first kappa shape index (κ1) is 17.5. The number of nitrogens with two attached hydrogens (primary N) is 1. The summed E-state index contributed by atoms with van der Waals surface area (Å²) in [7, 11) is 1.63. The molecule has 21 heavy (non-hydrogen) atoms. The molecule has 0 bridgehead atoms. The second-order valence-corrected chi connectivity index (χ2v) is 5.79. The Morgan fingerprint density at radius 2 is 2.00 bits per heavy atom. The van der Waals surface area contributed by atoms with Crippen LogP contribution in [-0.2, 0) is 16.0 Å². The number of carbonyl (C=O) groups is 1. The lowest BCUT2D eigenvalue weighted by Crippen LogP contribution is -2.43. The summed E-state index contributed by atoms with van der Waals surface area (Å²) < 4.78 is 10.7. The molecule has 0 heterocycles. The summed E-state index contributed by atoms with van der Waals surface area (Å²) in [6.45, 7) is 6.63. The monoisotopic (exact) mass is 293 g/mol. The molecule has 118 valence electrons. The molecule has 1 atom stereocenters. The number of para-hydroxylation sites is 1. The lowest BCUT2D eigenvalue weighted by atomic mass is 9.75. The number of hydrogen-bond acceptors (Lipinski definition) is 4. The Morgan fingerprint density at radius 3 is 2.52 bits per heavy atom. The van der Waals surface area contributed by atoms with Crippen LogP contribution in [0, 0.1) is 11.3 Å². The van der Waals surface area contributed by atoms with Crippen LogP contribution in [-0.4, -0.2) is 26.2 Å². The quantitative estimate of drug-likeness (QED) is 0.749. The van der Waals surface area contributed by atoms with Crippen molar-refractivity contribution in [2.45, 2.75) is 33.6 Å². The van der Waals surface area contributed by atoms with Crippen LogP contribution in [0.3, 0.4) is 0 Å². The molecule has 0 fully saturated rings. The second kappa shape index (κ2) is 8.03. The van der Waals surface area contributed by atoms with Crippen LogP contribution in [0.5, 0.6) is 5.75 Å². The molecule has 0 saturated carbocycles. The number of esters is 1. The molecule has 0 radical (unpaired) electrons. The predicted octanol–water partition coefficient (Wildman–Crippen LogP) is 2.79. The number of carbonyl (C=O) groups excluding carboxylic acids is 1. The van der Waals surface area contributed by atoms with Gasteiger partial charge in [-0.15, -0.1) is 0 Å². The zero-order valence-corrected chi connectivity index (χ0v) is 13.5. The minimum atomic E-state index is -0.696. The highest BCUT2D eigenvalue weighted by atomic mass is 16.5. The van der Waals surface area contributed by atoms with Crippen LogP contribution in [0.25, 0.3) is 0 Å². The number of benzene rings is 1. The Hall–Kier alpha value is -1.55. The van der Waals surface area contributed by atoms with Crippen molar-refractivity contribution in [3.05, 3.63) is 29.8 Å². The lowest BCUT2D eigenvalue weighted by Gasteiger charge is -2.32. The van der Waals surface area contributed by atoms with Gasteiger partial charge in [-0.3, -0.25) is 4.79 Å². The van der Waals surface area contributed by atoms with Gasteiger partial charge < -0.3 is 15.2 Å². The molecule has 1 unspecified atom stereocenters. The molecule has 0 aliphatic rings. The first-order valence-corrected chi connectivity index (χ1v) is 7.48. The van der Waals surface area contributed by atoms with Gasteiger partial charge in [-0.05, 0) is 37.3 Å². The Morgan fingerprint density at radius 1 is 1.33 bits per heavy atom. The van der Waals surface area contributed by atoms with Gasteiger partial charge in [0.05, 0.1) is 19.1 Å². The van der Waals surface area contributed by atoms with E-state index in [0.29, 0.717) is 25.4 Å². The van der Waals surface area contributed by atoms with Crippen LogP contribution >= 0.6 is 0 Å². The highest BCUT2D eigenvalue weighted by Crippen LogP contribution is 2.34. The molecule has 1 aromatic rings. The zero-order chi connectivity index (χ0) is 15.9. The topological polar surface area (TPSA) is 61.5 Å². The average Bonchev–Trinajstić information content (AvgIpc) is 2.46. The van der Waals surface area contributed by atoms with E-state index >= 15 is 0 Å². The number of hydrogen-bond donors (Lipinski definition) is 1. The first-order valence-electron chi connectivity index (χ1n) is 7.48. The molecule has 0 amide bonds. The van der Waals surface area contributed by atoms with Gasteiger partial charge in [0.15, 0.2) is 0 Å². The molecule has 0 saturated heterocycles. The molecule has 4 heteroatoms. The van der Waals surface area contributed by atoms with Crippen LogP contribution < -0.4 is 10.5 Å². The molecule has 1 rings (SSSR count). The first-order chi connectivity index (χ1) is 9.99. The fourth-order valence-corrected chi connectivity index (χ4v) is 2.75. The van der Waals surface area contributed by atoms with Crippen molar-refractivity contribution < 1.29 is 14.3 Å². The Balaban J connectivity index is 3.13. The Kier molecular flexibility index (Phi) is 6.69. The molecule has 2 N–H and O–H groups in total. The standard InChI is InChI=1S/C17H27NO3/c1-5-21-16(19)17(12-18,10-13(2)3)11-14-8-6-7-9-15(14)20-4/h6-9,13H,5,10-12,18H2,1-4H3. The van der Waals surface area contributed by atoms with E-state index in [1.54, 1.807) is 7.11 Å². The van der Waals surface area contributed by atoms with Gasteiger partial charge >= 0.3 is 5.97 Å². The number of rotatable bonds is 8. The van der Waals surface area contributed by atoms with Crippen molar-refractivity contribution >= 4 is 5.97 Å². The van der Waals surface area contributed by atoms with Crippen LogP contribution in [0.1, 0.15) is 32.8 Å². The van der Waals surface area contributed by atoms with Gasteiger partial charge in [0.1, 0.15) is 5.75 Å². The third-order valence-electron chi connectivity index (χ3n) is 3.62. The van der Waals surface area contributed by atoms with E-state index in [1.807, 2.05) is 31.2 Å². The summed E-state index contributed by atoms with van der Waals surface area (Å²) in [4.78, 5) is 12.5. The maximum absolute atomic E-state index is 12.5. The molecular weight excluding hydrogens is 266 g/mol. The van der Waals surface area contributed by atoms with E-state index in [9.17, 15) is 4.79 Å². The highest BCUT2D eigenvalue weighted by Gasteiger charge is 2.40. The van der Waals surface area contributed by atoms with Gasteiger partial charge in [-0.25, -0.2) is 0 Å². The van der Waals surface area contributed by atoms with Crippen molar-refractivity contribution in [3.63, 3.8) is 0 Å². The van der Waals surface area contributed by atoms with Crippen LogP contribution in [0.2, 0.25) is 0 Å². The Bertz CT molecular complexity index is 459. The van der Waals surface area contributed by atoms with Crippen LogP contribution in [0.15, 0.2) is 24.3 Å². The van der Waals surface area contributed by atoms with E-state index in [4.69, 9.17) is 15.2 Å².